The Morgan fingerprint density at radius 2 is 1.73 bits per heavy atom. The molecule has 0 spiro atoms. The van der Waals surface area contributed by atoms with Crippen LogP contribution in [-0.2, 0) is 11.0 Å². The summed E-state index contributed by atoms with van der Waals surface area (Å²) < 4.78 is 52.1. The quantitative estimate of drug-likeness (QED) is 0.664. The third-order valence-electron chi connectivity index (χ3n) is 2.95. The lowest BCUT2D eigenvalue weighted by molar-refractivity contribution is -0.137. The Labute approximate surface area is 123 Å². The van der Waals surface area contributed by atoms with Gasteiger partial charge in [0.05, 0.1) is 5.56 Å². The number of carboxylic acid groups (broad SMARTS) is 1. The molecule has 0 saturated carbocycles. The van der Waals surface area contributed by atoms with Crippen LogP contribution in [0.3, 0.4) is 0 Å². The van der Waals surface area contributed by atoms with Crippen LogP contribution in [0, 0.1) is 5.82 Å². The van der Waals surface area contributed by atoms with Crippen LogP contribution in [0.2, 0.25) is 0 Å². The molecule has 0 amide bonds. The second-order valence-electron chi connectivity index (χ2n) is 4.45. The zero-order valence-electron chi connectivity index (χ0n) is 11.1. The van der Waals surface area contributed by atoms with Gasteiger partial charge < -0.3 is 5.11 Å². The van der Waals surface area contributed by atoms with Crippen LogP contribution in [0.25, 0.3) is 17.2 Å². The van der Waals surface area contributed by atoms with Crippen molar-refractivity contribution in [3.63, 3.8) is 0 Å². The molecule has 22 heavy (non-hydrogen) atoms. The molecule has 2 aromatic carbocycles. The van der Waals surface area contributed by atoms with Crippen LogP contribution in [-0.4, -0.2) is 11.1 Å². The van der Waals surface area contributed by atoms with Crippen molar-refractivity contribution >= 4 is 12.0 Å². The Morgan fingerprint density at radius 1 is 1.05 bits per heavy atom. The van der Waals surface area contributed by atoms with Gasteiger partial charge in [0.1, 0.15) is 5.82 Å². The second-order valence-corrected chi connectivity index (χ2v) is 4.45. The van der Waals surface area contributed by atoms with E-state index in [1.807, 2.05) is 0 Å². The highest BCUT2D eigenvalue weighted by Crippen LogP contribution is 2.34. The van der Waals surface area contributed by atoms with E-state index >= 15 is 0 Å². The summed E-state index contributed by atoms with van der Waals surface area (Å²) in [6.45, 7) is 0. The van der Waals surface area contributed by atoms with Crippen molar-refractivity contribution < 1.29 is 27.5 Å². The standard InChI is InChI=1S/C16H10F4O2/c17-14-4-2-1-3-13(14)12-7-6-11(16(18,19)20)9-10(12)5-8-15(21)22/h1-9H,(H,21,22)/b8-5+. The number of aliphatic carboxylic acids is 1. The fourth-order valence-corrected chi connectivity index (χ4v) is 1.96. The molecule has 0 bridgehead atoms. The van der Waals surface area contributed by atoms with E-state index in [4.69, 9.17) is 5.11 Å². The number of hydrogen-bond acceptors (Lipinski definition) is 1. The van der Waals surface area contributed by atoms with E-state index in [2.05, 4.69) is 0 Å². The third kappa shape index (κ3) is 3.52. The molecule has 114 valence electrons. The van der Waals surface area contributed by atoms with Crippen LogP contribution in [0.15, 0.2) is 48.5 Å². The highest BCUT2D eigenvalue weighted by atomic mass is 19.4. The number of carboxylic acids is 1. The van der Waals surface area contributed by atoms with Crippen molar-refractivity contribution in [1.29, 1.82) is 0 Å². The maximum absolute atomic E-state index is 13.8. The first-order valence-electron chi connectivity index (χ1n) is 6.16. The number of benzene rings is 2. The molecule has 0 aliphatic carbocycles. The summed E-state index contributed by atoms with van der Waals surface area (Å²) in [4.78, 5) is 10.6. The highest BCUT2D eigenvalue weighted by molar-refractivity contribution is 5.88. The first-order chi connectivity index (χ1) is 10.3. The average Bonchev–Trinajstić information content (AvgIpc) is 2.44. The fraction of sp³-hybridized carbons (Fsp3) is 0.0625. The minimum Gasteiger partial charge on any atom is -0.478 e. The van der Waals surface area contributed by atoms with Crippen molar-refractivity contribution in [2.24, 2.45) is 0 Å². The topological polar surface area (TPSA) is 37.3 Å². The van der Waals surface area contributed by atoms with Gasteiger partial charge in [-0.3, -0.25) is 0 Å². The van der Waals surface area contributed by atoms with Gasteiger partial charge in [0.25, 0.3) is 0 Å². The summed E-state index contributed by atoms with van der Waals surface area (Å²) >= 11 is 0. The van der Waals surface area contributed by atoms with Crippen molar-refractivity contribution in [2.75, 3.05) is 0 Å². The lowest BCUT2D eigenvalue weighted by Gasteiger charge is -2.12. The fourth-order valence-electron chi connectivity index (χ4n) is 1.96. The zero-order chi connectivity index (χ0) is 16.3. The second kappa shape index (κ2) is 6.01. The summed E-state index contributed by atoms with van der Waals surface area (Å²) in [5.41, 5.74) is -0.676. The predicted octanol–water partition coefficient (Wildman–Crippen LogP) is 4.61. The van der Waals surface area contributed by atoms with E-state index in [1.54, 1.807) is 6.07 Å². The summed E-state index contributed by atoms with van der Waals surface area (Å²) in [7, 11) is 0. The summed E-state index contributed by atoms with van der Waals surface area (Å²) in [5, 5.41) is 8.64. The smallest absolute Gasteiger partial charge is 0.416 e. The minimum atomic E-state index is -4.57. The molecule has 1 N–H and O–H groups in total. The molecule has 2 nitrogen and oxygen atoms in total. The van der Waals surface area contributed by atoms with Gasteiger partial charge in [-0.1, -0.05) is 24.3 Å². The number of rotatable bonds is 3. The van der Waals surface area contributed by atoms with E-state index in [9.17, 15) is 22.4 Å². The molecule has 0 aromatic heterocycles. The zero-order valence-corrected chi connectivity index (χ0v) is 11.1. The minimum absolute atomic E-state index is 0.0256. The van der Waals surface area contributed by atoms with Crippen molar-refractivity contribution in [3.8, 4) is 11.1 Å². The molecule has 0 heterocycles. The number of hydrogen-bond donors (Lipinski definition) is 1. The summed E-state index contributed by atoms with van der Waals surface area (Å²) in [5.74, 6) is -1.91. The van der Waals surface area contributed by atoms with Crippen LogP contribution < -0.4 is 0 Å². The lowest BCUT2D eigenvalue weighted by Crippen LogP contribution is -2.05. The maximum atomic E-state index is 13.8. The van der Waals surface area contributed by atoms with Gasteiger partial charge in [0, 0.05) is 11.6 Å². The molecule has 0 fully saturated rings. The first-order valence-corrected chi connectivity index (χ1v) is 6.16. The molecule has 0 aliphatic rings. The van der Waals surface area contributed by atoms with E-state index in [-0.39, 0.29) is 16.7 Å². The van der Waals surface area contributed by atoms with Gasteiger partial charge in [0.2, 0.25) is 0 Å². The Hall–Kier alpha value is -2.63. The van der Waals surface area contributed by atoms with E-state index in [0.29, 0.717) is 6.08 Å². The van der Waals surface area contributed by atoms with Gasteiger partial charge in [-0.2, -0.15) is 13.2 Å². The van der Waals surface area contributed by atoms with Crippen molar-refractivity contribution in [2.45, 2.75) is 6.18 Å². The molecule has 0 unspecified atom stereocenters. The first kappa shape index (κ1) is 15.8. The predicted molar refractivity (Wildman–Crippen MR) is 73.5 cm³/mol. The van der Waals surface area contributed by atoms with E-state index < -0.39 is 23.5 Å². The van der Waals surface area contributed by atoms with Gasteiger partial charge >= 0.3 is 12.1 Å². The third-order valence-corrected chi connectivity index (χ3v) is 2.95. The molecule has 2 aromatic rings. The molecule has 0 radical (unpaired) electrons. The van der Waals surface area contributed by atoms with Gasteiger partial charge in [0.15, 0.2) is 0 Å². The van der Waals surface area contributed by atoms with Gasteiger partial charge in [-0.25, -0.2) is 9.18 Å². The normalized spacial score (nSPS) is 11.8. The highest BCUT2D eigenvalue weighted by Gasteiger charge is 2.31. The van der Waals surface area contributed by atoms with Crippen LogP contribution in [0.4, 0.5) is 17.6 Å². The molecule has 0 atom stereocenters. The number of carbonyl (C=O) groups is 1. The number of halogens is 4. The summed E-state index contributed by atoms with van der Waals surface area (Å²) in [6.07, 6.45) is -2.85. The van der Waals surface area contributed by atoms with Crippen LogP contribution >= 0.6 is 0 Å². The average molecular weight is 310 g/mol. The van der Waals surface area contributed by atoms with E-state index in [0.717, 1.165) is 24.3 Å². The van der Waals surface area contributed by atoms with E-state index in [1.165, 1.54) is 18.2 Å². The lowest BCUT2D eigenvalue weighted by atomic mass is 9.96. The molecule has 0 aliphatic heterocycles. The molecule has 6 heteroatoms. The summed E-state index contributed by atoms with van der Waals surface area (Å²) in [6, 6.07) is 8.34. The molecular weight excluding hydrogens is 300 g/mol. The SMILES string of the molecule is O=C(O)/C=C/c1cc(C(F)(F)F)ccc1-c1ccccc1F. The van der Waals surface area contributed by atoms with Crippen molar-refractivity contribution in [3.05, 3.63) is 65.5 Å². The van der Waals surface area contributed by atoms with Crippen LogP contribution in [0.1, 0.15) is 11.1 Å². The van der Waals surface area contributed by atoms with Crippen LogP contribution in [0.5, 0.6) is 0 Å². The van der Waals surface area contributed by atoms with Crippen molar-refractivity contribution in [1.82, 2.24) is 0 Å². The number of alkyl halides is 3. The largest absolute Gasteiger partial charge is 0.478 e. The molecule has 0 saturated heterocycles. The Balaban J connectivity index is 2.63. The molecular formula is C16H10F4O2. The maximum Gasteiger partial charge on any atom is 0.416 e. The van der Waals surface area contributed by atoms with Gasteiger partial charge in [-0.15, -0.1) is 0 Å². The Morgan fingerprint density at radius 3 is 2.32 bits per heavy atom. The molecule has 2 rings (SSSR count). The monoisotopic (exact) mass is 310 g/mol. The Bertz CT molecular complexity index is 733. The van der Waals surface area contributed by atoms with Gasteiger partial charge in [-0.05, 0) is 35.4 Å². The Kier molecular flexibility index (Phi) is 4.30.